The molecule has 0 saturated carbocycles. The lowest BCUT2D eigenvalue weighted by atomic mass is 9.88. The smallest absolute Gasteiger partial charge is 0.222 e. The molecular weight excluding hydrogens is 270 g/mol. The number of nitrogens with zero attached hydrogens (tertiary/aromatic N) is 2. The first-order chi connectivity index (χ1) is 7.53. The van der Waals surface area contributed by atoms with Gasteiger partial charge in [0.25, 0.3) is 0 Å². The van der Waals surface area contributed by atoms with Crippen molar-refractivity contribution in [2.24, 2.45) is 5.41 Å². The molecule has 16 heavy (non-hydrogen) atoms. The number of rotatable bonds is 6. The average Bonchev–Trinajstić information content (AvgIpc) is 2.26. The van der Waals surface area contributed by atoms with E-state index >= 15 is 0 Å². The lowest BCUT2D eigenvalue weighted by Gasteiger charge is -2.24. The predicted molar refractivity (Wildman–Crippen MR) is 68.3 cm³/mol. The summed E-state index contributed by atoms with van der Waals surface area (Å²) in [6, 6.07) is 0. The number of halogens is 1. The van der Waals surface area contributed by atoms with Crippen LogP contribution in [-0.2, 0) is 0 Å². The molecule has 1 aromatic rings. The molecule has 0 bridgehead atoms. The maximum absolute atomic E-state index is 8.80. The van der Waals surface area contributed by atoms with Crippen LogP contribution in [0.2, 0.25) is 0 Å². The van der Waals surface area contributed by atoms with E-state index in [4.69, 9.17) is 5.11 Å². The Morgan fingerprint density at radius 3 is 2.56 bits per heavy atom. The largest absolute Gasteiger partial charge is 0.396 e. The van der Waals surface area contributed by atoms with Crippen LogP contribution in [-0.4, -0.2) is 28.2 Å². The highest BCUT2D eigenvalue weighted by molar-refractivity contribution is 9.10. The number of nitrogens with one attached hydrogen (secondary N) is 1. The zero-order valence-electron chi connectivity index (χ0n) is 9.70. The molecule has 0 radical (unpaired) electrons. The molecule has 4 nitrogen and oxygen atoms in total. The van der Waals surface area contributed by atoms with Crippen LogP contribution in [0, 0.1) is 5.41 Å². The molecule has 0 unspecified atom stereocenters. The van der Waals surface area contributed by atoms with Gasteiger partial charge in [-0.3, -0.25) is 0 Å². The number of anilines is 1. The molecule has 0 fully saturated rings. The summed E-state index contributed by atoms with van der Waals surface area (Å²) in [5.74, 6) is 0.639. The van der Waals surface area contributed by atoms with Gasteiger partial charge >= 0.3 is 0 Å². The maximum Gasteiger partial charge on any atom is 0.222 e. The van der Waals surface area contributed by atoms with Crippen molar-refractivity contribution in [1.82, 2.24) is 9.97 Å². The van der Waals surface area contributed by atoms with Crippen molar-refractivity contribution in [2.75, 3.05) is 18.5 Å². The predicted octanol–water partition coefficient (Wildman–Crippen LogP) is 2.45. The van der Waals surface area contributed by atoms with Crippen molar-refractivity contribution in [3.05, 3.63) is 16.9 Å². The van der Waals surface area contributed by atoms with Gasteiger partial charge in [-0.05, 0) is 34.2 Å². The molecule has 0 amide bonds. The monoisotopic (exact) mass is 287 g/mol. The van der Waals surface area contributed by atoms with Crippen LogP contribution >= 0.6 is 15.9 Å². The van der Waals surface area contributed by atoms with Crippen LogP contribution in [0.4, 0.5) is 5.95 Å². The molecule has 0 aliphatic heterocycles. The van der Waals surface area contributed by atoms with E-state index in [1.165, 1.54) is 0 Å². The van der Waals surface area contributed by atoms with Gasteiger partial charge in [0, 0.05) is 25.5 Å². The van der Waals surface area contributed by atoms with E-state index in [0.29, 0.717) is 5.95 Å². The molecule has 2 N–H and O–H groups in total. The summed E-state index contributed by atoms with van der Waals surface area (Å²) in [4.78, 5) is 8.29. The summed E-state index contributed by atoms with van der Waals surface area (Å²) < 4.78 is 0.873. The minimum Gasteiger partial charge on any atom is -0.396 e. The Morgan fingerprint density at radius 2 is 2.00 bits per heavy atom. The normalized spacial score (nSPS) is 11.5. The molecule has 90 valence electrons. The van der Waals surface area contributed by atoms with Crippen molar-refractivity contribution < 1.29 is 5.11 Å². The van der Waals surface area contributed by atoms with E-state index in [2.05, 4.69) is 45.1 Å². The third-order valence-electron chi connectivity index (χ3n) is 2.36. The van der Waals surface area contributed by atoms with E-state index < -0.39 is 0 Å². The average molecular weight is 288 g/mol. The van der Waals surface area contributed by atoms with Gasteiger partial charge in [-0.25, -0.2) is 9.97 Å². The van der Waals surface area contributed by atoms with Crippen molar-refractivity contribution in [3.8, 4) is 0 Å². The Balaban J connectivity index is 2.41. The Morgan fingerprint density at radius 1 is 1.38 bits per heavy atom. The number of hydrogen-bond donors (Lipinski definition) is 2. The summed E-state index contributed by atoms with van der Waals surface area (Å²) in [6.07, 6.45) is 5.25. The lowest BCUT2D eigenvalue weighted by molar-refractivity contribution is 0.247. The standard InChI is InChI=1S/C11H18BrN3O/c1-11(2,4-3-5-16)8-15-10-13-6-9(12)7-14-10/h6-7,16H,3-5,8H2,1-2H3,(H,13,14,15). The summed E-state index contributed by atoms with van der Waals surface area (Å²) in [5.41, 5.74) is 0.138. The molecule has 0 aliphatic rings. The van der Waals surface area contributed by atoms with E-state index in [1.807, 2.05) is 0 Å². The zero-order chi connectivity index (χ0) is 12.0. The van der Waals surface area contributed by atoms with E-state index in [9.17, 15) is 0 Å². The van der Waals surface area contributed by atoms with Gasteiger partial charge in [-0.1, -0.05) is 13.8 Å². The summed E-state index contributed by atoms with van der Waals surface area (Å²) in [6.45, 7) is 5.37. The Bertz CT molecular complexity index is 314. The minimum atomic E-state index is 0.138. The van der Waals surface area contributed by atoms with Gasteiger partial charge in [0.05, 0.1) is 4.47 Å². The SMILES string of the molecule is CC(C)(CCCO)CNc1ncc(Br)cn1. The van der Waals surface area contributed by atoms with E-state index in [0.717, 1.165) is 23.9 Å². The summed E-state index contributed by atoms with van der Waals surface area (Å²) in [5, 5.41) is 12.0. The van der Waals surface area contributed by atoms with Gasteiger partial charge in [0.2, 0.25) is 5.95 Å². The van der Waals surface area contributed by atoms with Crippen LogP contribution in [0.3, 0.4) is 0 Å². The second kappa shape index (κ2) is 6.15. The molecule has 0 aromatic carbocycles. The van der Waals surface area contributed by atoms with Crippen LogP contribution in [0.1, 0.15) is 26.7 Å². The highest BCUT2D eigenvalue weighted by Crippen LogP contribution is 2.22. The van der Waals surface area contributed by atoms with Gasteiger partial charge in [-0.2, -0.15) is 0 Å². The van der Waals surface area contributed by atoms with Gasteiger partial charge in [0.1, 0.15) is 0 Å². The Labute approximate surface area is 105 Å². The lowest BCUT2D eigenvalue weighted by Crippen LogP contribution is -2.24. The highest BCUT2D eigenvalue weighted by atomic mass is 79.9. The fourth-order valence-corrected chi connectivity index (χ4v) is 1.57. The van der Waals surface area contributed by atoms with Crippen molar-refractivity contribution >= 4 is 21.9 Å². The third kappa shape index (κ3) is 4.90. The first kappa shape index (κ1) is 13.4. The first-order valence-electron chi connectivity index (χ1n) is 5.36. The zero-order valence-corrected chi connectivity index (χ0v) is 11.3. The molecular formula is C11H18BrN3O. The molecule has 1 rings (SSSR count). The molecule has 1 heterocycles. The second-order valence-electron chi connectivity index (χ2n) is 4.57. The van der Waals surface area contributed by atoms with Gasteiger partial charge in [0.15, 0.2) is 0 Å². The molecule has 1 aromatic heterocycles. The van der Waals surface area contributed by atoms with Crippen LogP contribution in [0.5, 0.6) is 0 Å². The summed E-state index contributed by atoms with van der Waals surface area (Å²) in [7, 11) is 0. The number of aliphatic hydroxyl groups is 1. The fourth-order valence-electron chi connectivity index (χ4n) is 1.37. The third-order valence-corrected chi connectivity index (χ3v) is 2.77. The molecule has 0 saturated heterocycles. The molecule has 5 heteroatoms. The van der Waals surface area contributed by atoms with Crippen LogP contribution in [0.25, 0.3) is 0 Å². The van der Waals surface area contributed by atoms with Crippen molar-refractivity contribution in [2.45, 2.75) is 26.7 Å². The fraction of sp³-hybridized carbons (Fsp3) is 0.636. The molecule has 0 aliphatic carbocycles. The van der Waals surface area contributed by atoms with E-state index in [-0.39, 0.29) is 12.0 Å². The minimum absolute atomic E-state index is 0.138. The quantitative estimate of drug-likeness (QED) is 0.844. The van der Waals surface area contributed by atoms with E-state index in [1.54, 1.807) is 12.4 Å². The molecule has 0 spiro atoms. The highest BCUT2D eigenvalue weighted by Gasteiger charge is 2.17. The second-order valence-corrected chi connectivity index (χ2v) is 5.49. The molecule has 0 atom stereocenters. The number of aromatic nitrogens is 2. The topological polar surface area (TPSA) is 58.0 Å². The van der Waals surface area contributed by atoms with Crippen molar-refractivity contribution in [3.63, 3.8) is 0 Å². The van der Waals surface area contributed by atoms with Gasteiger partial charge in [-0.15, -0.1) is 0 Å². The van der Waals surface area contributed by atoms with Gasteiger partial charge < -0.3 is 10.4 Å². The Hall–Kier alpha value is -0.680. The number of hydrogen-bond acceptors (Lipinski definition) is 4. The Kier molecular flexibility index (Phi) is 5.15. The van der Waals surface area contributed by atoms with Crippen molar-refractivity contribution in [1.29, 1.82) is 0 Å². The van der Waals surface area contributed by atoms with Crippen LogP contribution < -0.4 is 5.32 Å². The van der Waals surface area contributed by atoms with Crippen LogP contribution in [0.15, 0.2) is 16.9 Å². The number of aliphatic hydroxyl groups excluding tert-OH is 1. The maximum atomic E-state index is 8.80. The first-order valence-corrected chi connectivity index (χ1v) is 6.15. The summed E-state index contributed by atoms with van der Waals surface area (Å²) >= 11 is 3.29.